The second kappa shape index (κ2) is 5.91. The maximum Gasteiger partial charge on any atom is 0.220 e. The monoisotopic (exact) mass is 269 g/mol. The van der Waals surface area contributed by atoms with Crippen LogP contribution in [0.25, 0.3) is 0 Å². The molecule has 0 radical (unpaired) electrons. The van der Waals surface area contributed by atoms with E-state index < -0.39 is 0 Å². The fourth-order valence-electron chi connectivity index (χ4n) is 1.28. The van der Waals surface area contributed by atoms with Gasteiger partial charge in [0.05, 0.1) is 0 Å². The van der Waals surface area contributed by atoms with E-state index in [0.29, 0.717) is 18.9 Å². The minimum atomic E-state index is 0.112. The molecular formula is C12H16BrNO. The third kappa shape index (κ3) is 4.47. The summed E-state index contributed by atoms with van der Waals surface area (Å²) < 4.78 is 1.04. The van der Waals surface area contributed by atoms with Crippen LogP contribution in [0.4, 0.5) is 0 Å². The minimum absolute atomic E-state index is 0.112. The average molecular weight is 270 g/mol. The Morgan fingerprint density at radius 2 is 2.07 bits per heavy atom. The number of nitrogens with one attached hydrogen (secondary N) is 1. The molecule has 1 aromatic carbocycles. The van der Waals surface area contributed by atoms with Crippen molar-refractivity contribution in [3.8, 4) is 0 Å². The van der Waals surface area contributed by atoms with E-state index in [0.717, 1.165) is 10.0 Å². The summed E-state index contributed by atoms with van der Waals surface area (Å²) in [4.78, 5) is 11.4. The Balaban J connectivity index is 2.44. The number of carbonyl (C=O) groups excluding carboxylic acids is 1. The van der Waals surface area contributed by atoms with E-state index in [1.54, 1.807) is 0 Å². The molecule has 3 heteroatoms. The van der Waals surface area contributed by atoms with Gasteiger partial charge in [-0.05, 0) is 17.5 Å². The first-order valence-electron chi connectivity index (χ1n) is 5.09. The van der Waals surface area contributed by atoms with Gasteiger partial charge >= 0.3 is 0 Å². The lowest BCUT2D eigenvalue weighted by Gasteiger charge is -2.08. The molecule has 0 aliphatic carbocycles. The zero-order chi connectivity index (χ0) is 11.3. The van der Waals surface area contributed by atoms with E-state index in [4.69, 9.17) is 0 Å². The van der Waals surface area contributed by atoms with E-state index >= 15 is 0 Å². The standard InChI is InChI=1S/C12H16BrNO/c1-9(2)7-12(15)14-8-10-5-3-4-6-11(10)13/h3-6,9H,7-8H2,1-2H3,(H,14,15). The second-order valence-corrected chi connectivity index (χ2v) is 4.82. The van der Waals surface area contributed by atoms with Crippen LogP contribution in [0.2, 0.25) is 0 Å². The summed E-state index contributed by atoms with van der Waals surface area (Å²) in [7, 11) is 0. The molecule has 15 heavy (non-hydrogen) atoms. The molecule has 0 heterocycles. The number of hydrogen-bond donors (Lipinski definition) is 1. The summed E-state index contributed by atoms with van der Waals surface area (Å²) in [5, 5.41) is 2.90. The largest absolute Gasteiger partial charge is 0.352 e. The third-order valence-electron chi connectivity index (χ3n) is 2.03. The molecule has 0 aliphatic heterocycles. The Hall–Kier alpha value is -0.830. The summed E-state index contributed by atoms with van der Waals surface area (Å²) in [6.45, 7) is 4.67. The smallest absolute Gasteiger partial charge is 0.220 e. The molecule has 0 fully saturated rings. The van der Waals surface area contributed by atoms with Crippen molar-refractivity contribution in [1.29, 1.82) is 0 Å². The highest BCUT2D eigenvalue weighted by molar-refractivity contribution is 9.10. The van der Waals surface area contributed by atoms with Crippen molar-refractivity contribution < 1.29 is 4.79 Å². The number of rotatable bonds is 4. The van der Waals surface area contributed by atoms with Crippen molar-refractivity contribution in [2.24, 2.45) is 5.92 Å². The SMILES string of the molecule is CC(C)CC(=O)NCc1ccccc1Br. The highest BCUT2D eigenvalue weighted by Crippen LogP contribution is 2.15. The van der Waals surface area contributed by atoms with Crippen LogP contribution in [0.15, 0.2) is 28.7 Å². The topological polar surface area (TPSA) is 29.1 Å². The molecule has 0 saturated carbocycles. The van der Waals surface area contributed by atoms with Gasteiger partial charge in [-0.1, -0.05) is 48.0 Å². The van der Waals surface area contributed by atoms with Crippen molar-refractivity contribution >= 4 is 21.8 Å². The molecule has 0 aliphatic rings. The minimum Gasteiger partial charge on any atom is -0.352 e. The third-order valence-corrected chi connectivity index (χ3v) is 2.80. The van der Waals surface area contributed by atoms with Gasteiger partial charge < -0.3 is 5.32 Å². The quantitative estimate of drug-likeness (QED) is 0.894. The molecule has 1 amide bonds. The molecule has 1 aromatic rings. The van der Waals surface area contributed by atoms with Crippen LogP contribution >= 0.6 is 15.9 Å². The Labute approximate surface area is 99.2 Å². The number of hydrogen-bond acceptors (Lipinski definition) is 1. The van der Waals surface area contributed by atoms with E-state index in [9.17, 15) is 4.79 Å². The molecule has 0 bridgehead atoms. The predicted molar refractivity (Wildman–Crippen MR) is 65.4 cm³/mol. The van der Waals surface area contributed by atoms with Gasteiger partial charge in [-0.25, -0.2) is 0 Å². The summed E-state index contributed by atoms with van der Waals surface area (Å²) in [5.74, 6) is 0.518. The zero-order valence-corrected chi connectivity index (χ0v) is 10.7. The summed E-state index contributed by atoms with van der Waals surface area (Å²) in [6.07, 6.45) is 0.588. The lowest BCUT2D eigenvalue weighted by atomic mass is 10.1. The zero-order valence-electron chi connectivity index (χ0n) is 9.09. The molecule has 1 rings (SSSR count). The number of carbonyl (C=O) groups is 1. The van der Waals surface area contributed by atoms with Gasteiger partial charge in [-0.2, -0.15) is 0 Å². The summed E-state index contributed by atoms with van der Waals surface area (Å²) in [6, 6.07) is 7.90. The predicted octanol–water partition coefficient (Wildman–Crippen LogP) is 3.11. The van der Waals surface area contributed by atoms with E-state index in [2.05, 4.69) is 21.2 Å². The van der Waals surface area contributed by atoms with Gasteiger partial charge in [0.15, 0.2) is 0 Å². The molecule has 2 nitrogen and oxygen atoms in total. The van der Waals surface area contributed by atoms with Crippen LogP contribution < -0.4 is 5.32 Å². The second-order valence-electron chi connectivity index (χ2n) is 3.97. The first kappa shape index (κ1) is 12.2. The van der Waals surface area contributed by atoms with Crippen molar-refractivity contribution in [3.63, 3.8) is 0 Å². The number of halogens is 1. The lowest BCUT2D eigenvalue weighted by molar-refractivity contribution is -0.121. The Bertz CT molecular complexity index is 336. The van der Waals surface area contributed by atoms with Crippen LogP contribution in [0.3, 0.4) is 0 Å². The van der Waals surface area contributed by atoms with E-state index in [-0.39, 0.29) is 5.91 Å². The molecule has 0 unspecified atom stereocenters. The van der Waals surface area contributed by atoms with E-state index in [1.165, 1.54) is 0 Å². The average Bonchev–Trinajstić information content (AvgIpc) is 2.15. The molecule has 1 N–H and O–H groups in total. The summed E-state index contributed by atoms with van der Waals surface area (Å²) in [5.41, 5.74) is 1.11. The number of benzene rings is 1. The van der Waals surface area contributed by atoms with Crippen molar-refractivity contribution in [2.75, 3.05) is 0 Å². The molecule has 82 valence electrons. The van der Waals surface area contributed by atoms with Crippen molar-refractivity contribution in [3.05, 3.63) is 34.3 Å². The van der Waals surface area contributed by atoms with Gasteiger partial charge in [0.25, 0.3) is 0 Å². The van der Waals surface area contributed by atoms with Gasteiger partial charge in [-0.3, -0.25) is 4.79 Å². The first-order valence-corrected chi connectivity index (χ1v) is 5.89. The highest BCUT2D eigenvalue weighted by Gasteiger charge is 2.05. The van der Waals surface area contributed by atoms with Crippen LogP contribution in [0, 0.1) is 5.92 Å². The van der Waals surface area contributed by atoms with Crippen LogP contribution in [0.5, 0.6) is 0 Å². The molecular weight excluding hydrogens is 254 g/mol. The molecule has 0 atom stereocenters. The maximum atomic E-state index is 11.4. The van der Waals surface area contributed by atoms with Gasteiger partial charge in [0.2, 0.25) is 5.91 Å². The Morgan fingerprint density at radius 1 is 1.40 bits per heavy atom. The fraction of sp³-hybridized carbons (Fsp3) is 0.417. The Kier molecular flexibility index (Phi) is 4.82. The lowest BCUT2D eigenvalue weighted by Crippen LogP contribution is -2.24. The van der Waals surface area contributed by atoms with Crippen LogP contribution in [-0.2, 0) is 11.3 Å². The van der Waals surface area contributed by atoms with Crippen LogP contribution in [-0.4, -0.2) is 5.91 Å². The highest BCUT2D eigenvalue weighted by atomic mass is 79.9. The molecule has 0 aromatic heterocycles. The fourth-order valence-corrected chi connectivity index (χ4v) is 1.70. The summed E-state index contributed by atoms with van der Waals surface area (Å²) >= 11 is 3.45. The van der Waals surface area contributed by atoms with Gasteiger partial charge in [-0.15, -0.1) is 0 Å². The maximum absolute atomic E-state index is 11.4. The molecule has 0 saturated heterocycles. The Morgan fingerprint density at radius 3 is 2.67 bits per heavy atom. The first-order chi connectivity index (χ1) is 7.09. The van der Waals surface area contributed by atoms with Gasteiger partial charge in [0, 0.05) is 17.4 Å². The van der Waals surface area contributed by atoms with E-state index in [1.807, 2.05) is 38.1 Å². The van der Waals surface area contributed by atoms with Crippen molar-refractivity contribution in [2.45, 2.75) is 26.8 Å². The number of amides is 1. The van der Waals surface area contributed by atoms with Crippen LogP contribution in [0.1, 0.15) is 25.8 Å². The normalized spacial score (nSPS) is 10.4. The van der Waals surface area contributed by atoms with Crippen molar-refractivity contribution in [1.82, 2.24) is 5.32 Å². The van der Waals surface area contributed by atoms with Gasteiger partial charge in [0.1, 0.15) is 0 Å². The molecule has 0 spiro atoms.